The predicted octanol–water partition coefficient (Wildman–Crippen LogP) is 3.11. The molecule has 1 aliphatic rings. The van der Waals surface area contributed by atoms with Gasteiger partial charge in [-0.25, -0.2) is 0 Å². The number of halogens is 2. The van der Waals surface area contributed by atoms with E-state index in [0.717, 1.165) is 12.1 Å². The van der Waals surface area contributed by atoms with Gasteiger partial charge in [0.2, 0.25) is 5.91 Å². The Morgan fingerprint density at radius 1 is 1.16 bits per heavy atom. The molecule has 4 N–H and O–H groups in total. The fraction of sp³-hybridized carbons (Fsp3) is 0.611. The summed E-state index contributed by atoms with van der Waals surface area (Å²) in [4.78, 5) is 12.0. The molecular formula is C18H27F2N3O2. The van der Waals surface area contributed by atoms with Crippen LogP contribution in [0.1, 0.15) is 38.5 Å². The van der Waals surface area contributed by atoms with Gasteiger partial charge in [-0.3, -0.25) is 4.79 Å². The van der Waals surface area contributed by atoms with Crippen molar-refractivity contribution in [2.45, 2.75) is 51.2 Å². The molecule has 1 aliphatic carbocycles. The SMILES string of the molecule is NC(CC1CCCCC1)C(=O)NCCNc1ccc(OC(F)F)cc1. The van der Waals surface area contributed by atoms with E-state index in [1.807, 2.05) is 0 Å². The van der Waals surface area contributed by atoms with Gasteiger partial charge in [0, 0.05) is 18.8 Å². The van der Waals surface area contributed by atoms with Gasteiger partial charge in [-0.15, -0.1) is 0 Å². The number of alkyl halides is 2. The van der Waals surface area contributed by atoms with Gasteiger partial charge >= 0.3 is 6.61 Å². The Morgan fingerprint density at radius 2 is 1.84 bits per heavy atom. The first-order chi connectivity index (χ1) is 12.0. The second kappa shape index (κ2) is 10.2. The minimum Gasteiger partial charge on any atom is -0.435 e. The van der Waals surface area contributed by atoms with E-state index in [-0.39, 0.29) is 11.7 Å². The first-order valence-corrected chi connectivity index (χ1v) is 8.86. The molecule has 0 spiro atoms. The second-order valence-corrected chi connectivity index (χ2v) is 6.47. The summed E-state index contributed by atoms with van der Waals surface area (Å²) in [6, 6.07) is 5.78. The molecule has 1 amide bonds. The predicted molar refractivity (Wildman–Crippen MR) is 93.7 cm³/mol. The van der Waals surface area contributed by atoms with Crippen LogP contribution in [0, 0.1) is 5.92 Å². The van der Waals surface area contributed by atoms with E-state index in [4.69, 9.17) is 5.73 Å². The fourth-order valence-electron chi connectivity index (χ4n) is 3.17. The van der Waals surface area contributed by atoms with E-state index < -0.39 is 12.7 Å². The van der Waals surface area contributed by atoms with Gasteiger partial charge in [-0.2, -0.15) is 8.78 Å². The molecule has 7 heteroatoms. The van der Waals surface area contributed by atoms with Crippen LogP contribution in [-0.2, 0) is 4.79 Å². The molecule has 2 rings (SSSR count). The first-order valence-electron chi connectivity index (χ1n) is 8.86. The maximum Gasteiger partial charge on any atom is 0.387 e. The maximum absolute atomic E-state index is 12.1. The zero-order valence-electron chi connectivity index (χ0n) is 14.3. The standard InChI is InChI=1S/C18H27F2N3O2/c19-18(20)25-15-8-6-14(7-9-15)22-10-11-23-17(24)16(21)12-13-4-2-1-3-5-13/h6-9,13,16,18,22H,1-5,10-12,21H2,(H,23,24). The van der Waals surface area contributed by atoms with Crippen LogP contribution in [0.25, 0.3) is 0 Å². The Morgan fingerprint density at radius 3 is 2.48 bits per heavy atom. The Labute approximate surface area is 147 Å². The number of anilines is 1. The van der Waals surface area contributed by atoms with Crippen molar-refractivity contribution in [2.75, 3.05) is 18.4 Å². The minimum absolute atomic E-state index is 0.113. The highest BCUT2D eigenvalue weighted by molar-refractivity contribution is 5.81. The van der Waals surface area contributed by atoms with Crippen molar-refractivity contribution in [1.29, 1.82) is 0 Å². The normalized spacial score (nSPS) is 16.5. The number of amides is 1. The van der Waals surface area contributed by atoms with Crippen molar-refractivity contribution in [1.82, 2.24) is 5.32 Å². The van der Waals surface area contributed by atoms with Gasteiger partial charge in [-0.05, 0) is 36.6 Å². The minimum atomic E-state index is -2.83. The average molecular weight is 355 g/mol. The quantitative estimate of drug-likeness (QED) is 0.595. The van der Waals surface area contributed by atoms with Crippen LogP contribution in [0.3, 0.4) is 0 Å². The smallest absolute Gasteiger partial charge is 0.387 e. The molecule has 5 nitrogen and oxygen atoms in total. The Balaban J connectivity index is 1.62. The van der Waals surface area contributed by atoms with Crippen molar-refractivity contribution < 1.29 is 18.3 Å². The Hall–Kier alpha value is -1.89. The zero-order valence-corrected chi connectivity index (χ0v) is 14.3. The molecule has 1 aromatic rings. The number of hydrogen-bond acceptors (Lipinski definition) is 4. The van der Waals surface area contributed by atoms with Crippen molar-refractivity contribution in [2.24, 2.45) is 11.7 Å². The number of rotatable bonds is 9. The monoisotopic (exact) mass is 355 g/mol. The van der Waals surface area contributed by atoms with Gasteiger partial charge in [-0.1, -0.05) is 32.1 Å². The van der Waals surface area contributed by atoms with Gasteiger partial charge in [0.15, 0.2) is 0 Å². The van der Waals surface area contributed by atoms with Crippen LogP contribution in [0.15, 0.2) is 24.3 Å². The zero-order chi connectivity index (χ0) is 18.1. The van der Waals surface area contributed by atoms with Crippen LogP contribution in [0.5, 0.6) is 5.75 Å². The largest absolute Gasteiger partial charge is 0.435 e. The summed E-state index contributed by atoms with van der Waals surface area (Å²) in [5, 5.41) is 5.93. The highest BCUT2D eigenvalue weighted by atomic mass is 19.3. The summed E-state index contributed by atoms with van der Waals surface area (Å²) >= 11 is 0. The lowest BCUT2D eigenvalue weighted by Gasteiger charge is -2.24. The first kappa shape index (κ1) is 19.4. The second-order valence-electron chi connectivity index (χ2n) is 6.47. The molecule has 1 atom stereocenters. The lowest BCUT2D eigenvalue weighted by Crippen LogP contribution is -2.43. The molecule has 1 saturated carbocycles. The van der Waals surface area contributed by atoms with E-state index in [1.54, 1.807) is 12.1 Å². The number of ether oxygens (including phenoxy) is 1. The topological polar surface area (TPSA) is 76.4 Å². The van der Waals surface area contributed by atoms with Crippen LogP contribution >= 0.6 is 0 Å². The summed E-state index contributed by atoms with van der Waals surface area (Å²) < 4.78 is 28.4. The number of carbonyl (C=O) groups is 1. The number of benzene rings is 1. The highest BCUT2D eigenvalue weighted by Gasteiger charge is 2.20. The van der Waals surface area contributed by atoms with Crippen molar-refractivity contribution in [3.05, 3.63) is 24.3 Å². The Bertz CT molecular complexity index is 520. The molecule has 0 heterocycles. The van der Waals surface area contributed by atoms with E-state index in [2.05, 4.69) is 15.4 Å². The summed E-state index contributed by atoms with van der Waals surface area (Å²) in [6.07, 6.45) is 6.87. The molecule has 0 aromatic heterocycles. The van der Waals surface area contributed by atoms with Gasteiger partial charge < -0.3 is 21.1 Å². The molecule has 1 unspecified atom stereocenters. The molecule has 140 valence electrons. The summed E-state index contributed by atoms with van der Waals surface area (Å²) in [7, 11) is 0. The van der Waals surface area contributed by atoms with Crippen LogP contribution in [-0.4, -0.2) is 31.7 Å². The molecule has 0 aliphatic heterocycles. The molecular weight excluding hydrogens is 328 g/mol. The highest BCUT2D eigenvalue weighted by Crippen LogP contribution is 2.26. The van der Waals surface area contributed by atoms with Gasteiger partial charge in [0.05, 0.1) is 6.04 Å². The molecule has 0 saturated heterocycles. The number of carbonyl (C=O) groups excluding carboxylic acids is 1. The molecule has 0 radical (unpaired) electrons. The fourth-order valence-corrected chi connectivity index (χ4v) is 3.17. The average Bonchev–Trinajstić information content (AvgIpc) is 2.60. The lowest BCUT2D eigenvalue weighted by atomic mass is 9.85. The van der Waals surface area contributed by atoms with Crippen molar-refractivity contribution >= 4 is 11.6 Å². The lowest BCUT2D eigenvalue weighted by molar-refractivity contribution is -0.122. The summed E-state index contributed by atoms with van der Waals surface area (Å²) in [5.74, 6) is 0.567. The molecule has 1 fully saturated rings. The number of hydrogen-bond donors (Lipinski definition) is 3. The molecule has 0 bridgehead atoms. The third kappa shape index (κ3) is 7.25. The third-order valence-corrected chi connectivity index (χ3v) is 4.48. The molecule has 25 heavy (non-hydrogen) atoms. The van der Waals surface area contributed by atoms with Crippen LogP contribution in [0.4, 0.5) is 14.5 Å². The van der Waals surface area contributed by atoms with E-state index >= 15 is 0 Å². The third-order valence-electron chi connectivity index (χ3n) is 4.48. The van der Waals surface area contributed by atoms with Crippen LogP contribution in [0.2, 0.25) is 0 Å². The Kier molecular flexibility index (Phi) is 7.91. The maximum atomic E-state index is 12.1. The van der Waals surface area contributed by atoms with E-state index in [9.17, 15) is 13.6 Å². The van der Waals surface area contributed by atoms with E-state index in [1.165, 1.54) is 44.2 Å². The van der Waals surface area contributed by atoms with Crippen LogP contribution < -0.4 is 21.1 Å². The summed E-state index contributed by atoms with van der Waals surface area (Å²) in [5.41, 5.74) is 6.76. The van der Waals surface area contributed by atoms with Gasteiger partial charge in [0.25, 0.3) is 0 Å². The van der Waals surface area contributed by atoms with Gasteiger partial charge in [0.1, 0.15) is 5.75 Å². The molecule has 1 aromatic carbocycles. The van der Waals surface area contributed by atoms with Crippen molar-refractivity contribution in [3.8, 4) is 5.75 Å². The summed E-state index contributed by atoms with van der Waals surface area (Å²) in [6.45, 7) is -1.85. The number of nitrogens with one attached hydrogen (secondary N) is 2. The van der Waals surface area contributed by atoms with Crippen molar-refractivity contribution in [3.63, 3.8) is 0 Å². The van der Waals surface area contributed by atoms with E-state index in [0.29, 0.717) is 19.0 Å². The number of nitrogens with two attached hydrogens (primary N) is 1.